The molecule has 0 bridgehead atoms. The van der Waals surface area contributed by atoms with Gasteiger partial charge in [0, 0.05) is 27.9 Å². The molecule has 1 aliphatic rings. The lowest BCUT2D eigenvalue weighted by Crippen LogP contribution is -2.32. The molecule has 3 rings (SSSR count). The summed E-state index contributed by atoms with van der Waals surface area (Å²) in [5.74, 6) is 0. The van der Waals surface area contributed by atoms with Gasteiger partial charge in [0.2, 0.25) is 0 Å². The van der Waals surface area contributed by atoms with E-state index in [0.717, 1.165) is 6.54 Å². The molecule has 2 aromatic heterocycles. The number of piperidine rings is 1. The van der Waals surface area contributed by atoms with Crippen LogP contribution in [0.5, 0.6) is 0 Å². The molecule has 1 unspecified atom stereocenters. The molecular weight excluding hydrogens is 260 g/mol. The highest BCUT2D eigenvalue weighted by atomic mass is 32.1. The Morgan fingerprint density at radius 2 is 2.33 bits per heavy atom. The summed E-state index contributed by atoms with van der Waals surface area (Å²) in [6.07, 6.45) is 5.86. The Balaban J connectivity index is 1.76. The Hall–Kier alpha value is -0.710. The van der Waals surface area contributed by atoms with Gasteiger partial charge in [-0.2, -0.15) is 0 Å². The van der Waals surface area contributed by atoms with Gasteiger partial charge in [0.05, 0.1) is 6.04 Å². The molecule has 1 atom stereocenters. The summed E-state index contributed by atoms with van der Waals surface area (Å²) in [4.78, 5) is 10.0. The molecule has 0 aliphatic carbocycles. The van der Waals surface area contributed by atoms with Gasteiger partial charge < -0.3 is 0 Å². The molecule has 1 aliphatic heterocycles. The van der Waals surface area contributed by atoms with Gasteiger partial charge in [-0.1, -0.05) is 6.42 Å². The first-order valence-electron chi connectivity index (χ1n) is 6.52. The van der Waals surface area contributed by atoms with Crippen LogP contribution in [0.2, 0.25) is 0 Å². The van der Waals surface area contributed by atoms with Crippen LogP contribution in [-0.2, 0) is 6.54 Å². The Bertz CT molecular complexity index is 490. The van der Waals surface area contributed by atoms with Gasteiger partial charge in [-0.3, -0.25) is 4.90 Å². The quantitative estimate of drug-likeness (QED) is 0.835. The van der Waals surface area contributed by atoms with E-state index in [1.54, 1.807) is 11.3 Å². The van der Waals surface area contributed by atoms with Gasteiger partial charge >= 0.3 is 0 Å². The fraction of sp³-hybridized carbons (Fsp3) is 0.500. The number of hydrogen-bond donors (Lipinski definition) is 0. The van der Waals surface area contributed by atoms with Crippen molar-refractivity contribution in [2.24, 2.45) is 0 Å². The minimum absolute atomic E-state index is 0.543. The number of aryl methyl sites for hydroxylation is 1. The van der Waals surface area contributed by atoms with Crippen LogP contribution in [0.1, 0.15) is 40.1 Å². The van der Waals surface area contributed by atoms with E-state index in [2.05, 4.69) is 34.3 Å². The van der Waals surface area contributed by atoms with Crippen LogP contribution in [0.15, 0.2) is 23.7 Å². The monoisotopic (exact) mass is 278 g/mol. The number of likely N-dealkylation sites (tertiary alicyclic amines) is 1. The molecule has 0 spiro atoms. The Morgan fingerprint density at radius 1 is 1.39 bits per heavy atom. The minimum atomic E-state index is 0.543. The van der Waals surface area contributed by atoms with E-state index in [1.165, 1.54) is 40.6 Å². The first-order chi connectivity index (χ1) is 8.83. The van der Waals surface area contributed by atoms with Crippen LogP contribution >= 0.6 is 22.7 Å². The second-order valence-corrected chi connectivity index (χ2v) is 7.16. The summed E-state index contributed by atoms with van der Waals surface area (Å²) >= 11 is 3.72. The number of hydrogen-bond acceptors (Lipinski definition) is 4. The third-order valence-electron chi connectivity index (χ3n) is 3.51. The van der Waals surface area contributed by atoms with Gasteiger partial charge in [0.15, 0.2) is 0 Å². The molecule has 1 saturated heterocycles. The largest absolute Gasteiger partial charge is 0.289 e. The predicted molar refractivity (Wildman–Crippen MR) is 78.2 cm³/mol. The van der Waals surface area contributed by atoms with E-state index in [1.807, 2.05) is 17.5 Å². The van der Waals surface area contributed by atoms with Crippen molar-refractivity contribution < 1.29 is 0 Å². The molecule has 18 heavy (non-hydrogen) atoms. The van der Waals surface area contributed by atoms with E-state index in [4.69, 9.17) is 0 Å². The van der Waals surface area contributed by atoms with Crippen molar-refractivity contribution >= 4 is 22.7 Å². The molecule has 2 nitrogen and oxygen atoms in total. The molecule has 0 saturated carbocycles. The van der Waals surface area contributed by atoms with Crippen molar-refractivity contribution in [3.8, 4) is 0 Å². The molecule has 1 fully saturated rings. The SMILES string of the molecule is Cc1ccc(CN2CCCCC2c2nccs2)s1. The molecule has 0 N–H and O–H groups in total. The summed E-state index contributed by atoms with van der Waals surface area (Å²) in [5.41, 5.74) is 0. The van der Waals surface area contributed by atoms with Gasteiger partial charge in [-0.25, -0.2) is 4.98 Å². The fourth-order valence-corrected chi connectivity index (χ4v) is 4.35. The summed E-state index contributed by atoms with van der Waals surface area (Å²) < 4.78 is 0. The topological polar surface area (TPSA) is 16.1 Å². The maximum atomic E-state index is 4.52. The number of nitrogens with zero attached hydrogens (tertiary/aromatic N) is 2. The molecule has 0 amide bonds. The van der Waals surface area contributed by atoms with E-state index in [0.29, 0.717) is 6.04 Å². The molecule has 4 heteroatoms. The van der Waals surface area contributed by atoms with Gasteiger partial charge in [0.1, 0.15) is 5.01 Å². The van der Waals surface area contributed by atoms with Crippen LogP contribution in [-0.4, -0.2) is 16.4 Å². The molecule has 96 valence electrons. The maximum Gasteiger partial charge on any atom is 0.110 e. The second-order valence-electron chi connectivity index (χ2n) is 4.86. The third kappa shape index (κ3) is 2.66. The van der Waals surface area contributed by atoms with Crippen molar-refractivity contribution in [2.45, 2.75) is 38.8 Å². The smallest absolute Gasteiger partial charge is 0.110 e. The summed E-state index contributed by atoms with van der Waals surface area (Å²) in [6.45, 7) is 4.48. The van der Waals surface area contributed by atoms with E-state index < -0.39 is 0 Å². The first-order valence-corrected chi connectivity index (χ1v) is 8.21. The number of thiophene rings is 1. The van der Waals surface area contributed by atoms with Crippen LogP contribution in [0.3, 0.4) is 0 Å². The Morgan fingerprint density at radius 3 is 3.06 bits per heavy atom. The number of thiazole rings is 1. The van der Waals surface area contributed by atoms with E-state index in [9.17, 15) is 0 Å². The van der Waals surface area contributed by atoms with Crippen molar-refractivity contribution in [3.63, 3.8) is 0 Å². The lowest BCUT2D eigenvalue weighted by atomic mass is 10.0. The summed E-state index contributed by atoms with van der Waals surface area (Å²) in [7, 11) is 0. The lowest BCUT2D eigenvalue weighted by molar-refractivity contribution is 0.141. The lowest BCUT2D eigenvalue weighted by Gasteiger charge is -2.34. The van der Waals surface area contributed by atoms with Crippen molar-refractivity contribution in [1.29, 1.82) is 0 Å². The highest BCUT2D eigenvalue weighted by molar-refractivity contribution is 7.11. The summed E-state index contributed by atoms with van der Waals surface area (Å²) in [6, 6.07) is 5.04. The average molecular weight is 278 g/mol. The zero-order chi connectivity index (χ0) is 12.4. The standard InChI is InChI=1S/C14H18N2S2/c1-11-5-6-12(18-11)10-16-8-3-2-4-13(16)14-15-7-9-17-14/h5-7,9,13H,2-4,8,10H2,1H3. The second kappa shape index (κ2) is 5.51. The van der Waals surface area contributed by atoms with Gasteiger partial charge in [-0.05, 0) is 38.4 Å². The highest BCUT2D eigenvalue weighted by Crippen LogP contribution is 2.33. The van der Waals surface area contributed by atoms with E-state index in [-0.39, 0.29) is 0 Å². The van der Waals surface area contributed by atoms with Crippen LogP contribution < -0.4 is 0 Å². The molecular formula is C14H18N2S2. The number of aromatic nitrogens is 1. The first kappa shape index (κ1) is 12.3. The van der Waals surface area contributed by atoms with Crippen molar-refractivity contribution in [2.75, 3.05) is 6.54 Å². The normalized spacial score (nSPS) is 21.3. The number of rotatable bonds is 3. The third-order valence-corrected chi connectivity index (χ3v) is 5.37. The fourth-order valence-electron chi connectivity index (χ4n) is 2.63. The highest BCUT2D eigenvalue weighted by Gasteiger charge is 2.25. The van der Waals surface area contributed by atoms with Crippen LogP contribution in [0.25, 0.3) is 0 Å². The van der Waals surface area contributed by atoms with Crippen molar-refractivity contribution in [1.82, 2.24) is 9.88 Å². The maximum absolute atomic E-state index is 4.52. The zero-order valence-electron chi connectivity index (χ0n) is 10.6. The van der Waals surface area contributed by atoms with Gasteiger partial charge in [-0.15, -0.1) is 22.7 Å². The Labute approximate surface area is 116 Å². The molecule has 0 radical (unpaired) electrons. The van der Waals surface area contributed by atoms with Crippen LogP contribution in [0.4, 0.5) is 0 Å². The van der Waals surface area contributed by atoms with Crippen molar-refractivity contribution in [3.05, 3.63) is 38.5 Å². The predicted octanol–water partition coefficient (Wildman–Crippen LogP) is 4.24. The van der Waals surface area contributed by atoms with E-state index >= 15 is 0 Å². The molecule has 0 aromatic carbocycles. The van der Waals surface area contributed by atoms with Crippen LogP contribution in [0, 0.1) is 6.92 Å². The molecule has 3 heterocycles. The average Bonchev–Trinajstić information content (AvgIpc) is 3.02. The van der Waals surface area contributed by atoms with Gasteiger partial charge in [0.25, 0.3) is 0 Å². The Kier molecular flexibility index (Phi) is 3.77. The summed E-state index contributed by atoms with van der Waals surface area (Å²) in [5, 5.41) is 3.39. The minimum Gasteiger partial charge on any atom is -0.289 e. The zero-order valence-corrected chi connectivity index (χ0v) is 12.3. The molecule has 2 aromatic rings.